The van der Waals surface area contributed by atoms with Crippen LogP contribution in [0, 0.1) is 11.7 Å². The third-order valence-corrected chi connectivity index (χ3v) is 4.17. The van der Waals surface area contributed by atoms with Crippen molar-refractivity contribution in [2.24, 2.45) is 10.9 Å². The summed E-state index contributed by atoms with van der Waals surface area (Å²) in [5, 5.41) is 6.41. The highest BCUT2D eigenvalue weighted by atomic mass is 127. The van der Waals surface area contributed by atoms with Gasteiger partial charge in [-0.05, 0) is 43.4 Å². The Morgan fingerprint density at radius 1 is 1.30 bits per heavy atom. The van der Waals surface area contributed by atoms with Crippen LogP contribution in [0.1, 0.15) is 31.4 Å². The first-order chi connectivity index (χ1) is 12.6. The van der Waals surface area contributed by atoms with Crippen LogP contribution in [0.2, 0.25) is 0 Å². The minimum absolute atomic E-state index is 0. The van der Waals surface area contributed by atoms with Crippen molar-refractivity contribution in [3.05, 3.63) is 29.6 Å². The molecule has 0 bridgehead atoms. The predicted octanol–water partition coefficient (Wildman–Crippen LogP) is 3.12. The van der Waals surface area contributed by atoms with Crippen LogP contribution in [-0.2, 0) is 9.47 Å². The lowest BCUT2D eigenvalue weighted by Gasteiger charge is -2.19. The summed E-state index contributed by atoms with van der Waals surface area (Å²) >= 11 is 0. The van der Waals surface area contributed by atoms with Crippen molar-refractivity contribution in [1.82, 2.24) is 10.6 Å². The lowest BCUT2D eigenvalue weighted by Crippen LogP contribution is -2.40. The van der Waals surface area contributed by atoms with Crippen molar-refractivity contribution in [2.45, 2.75) is 25.8 Å². The van der Waals surface area contributed by atoms with Crippen molar-refractivity contribution >= 4 is 29.9 Å². The van der Waals surface area contributed by atoms with E-state index in [1.165, 1.54) is 18.9 Å². The summed E-state index contributed by atoms with van der Waals surface area (Å²) < 4.78 is 30.1. The molecular formula is C19H31FIN3O3. The molecule has 1 unspecified atom stereocenters. The number of nitrogens with zero attached hydrogens (tertiary/aromatic N) is 1. The van der Waals surface area contributed by atoms with Gasteiger partial charge >= 0.3 is 0 Å². The number of guanidine groups is 1. The molecule has 27 heavy (non-hydrogen) atoms. The van der Waals surface area contributed by atoms with Crippen LogP contribution in [-0.4, -0.2) is 53.1 Å². The van der Waals surface area contributed by atoms with Crippen LogP contribution < -0.4 is 15.4 Å². The van der Waals surface area contributed by atoms with Crippen molar-refractivity contribution < 1.29 is 18.6 Å². The molecule has 1 aliphatic rings. The van der Waals surface area contributed by atoms with E-state index >= 15 is 0 Å². The Hall–Kier alpha value is -1.13. The lowest BCUT2D eigenvalue weighted by atomic mass is 10.1. The van der Waals surface area contributed by atoms with Crippen molar-refractivity contribution in [3.8, 4) is 5.75 Å². The highest BCUT2D eigenvalue weighted by Gasteiger charge is 2.22. The monoisotopic (exact) mass is 495 g/mol. The van der Waals surface area contributed by atoms with Gasteiger partial charge in [0, 0.05) is 20.7 Å². The summed E-state index contributed by atoms with van der Waals surface area (Å²) in [4.78, 5) is 4.18. The summed E-state index contributed by atoms with van der Waals surface area (Å²) in [6.45, 7) is 4.89. The van der Waals surface area contributed by atoms with Gasteiger partial charge in [0.1, 0.15) is 0 Å². The summed E-state index contributed by atoms with van der Waals surface area (Å²) in [5.41, 5.74) is 0.834. The summed E-state index contributed by atoms with van der Waals surface area (Å²) in [6.07, 6.45) is 2.37. The van der Waals surface area contributed by atoms with Gasteiger partial charge < -0.3 is 24.8 Å². The van der Waals surface area contributed by atoms with Gasteiger partial charge in [0.05, 0.1) is 32.5 Å². The van der Waals surface area contributed by atoms with E-state index in [4.69, 9.17) is 14.2 Å². The Bertz CT molecular complexity index is 585. The summed E-state index contributed by atoms with van der Waals surface area (Å²) in [5.74, 6) is 1.24. The third-order valence-electron chi connectivity index (χ3n) is 4.17. The maximum absolute atomic E-state index is 14.2. The average molecular weight is 495 g/mol. The van der Waals surface area contributed by atoms with E-state index < -0.39 is 0 Å². The molecule has 0 amide bonds. The molecule has 0 radical (unpaired) electrons. The smallest absolute Gasteiger partial charge is 0.191 e. The second kappa shape index (κ2) is 13.1. The van der Waals surface area contributed by atoms with Gasteiger partial charge in [-0.15, -0.1) is 24.0 Å². The van der Waals surface area contributed by atoms with Crippen LogP contribution in [0.4, 0.5) is 4.39 Å². The van der Waals surface area contributed by atoms with E-state index in [0.717, 1.165) is 5.56 Å². The molecule has 1 aromatic rings. The number of aliphatic imine (C=N–C) groups is 1. The fraction of sp³-hybridized carbons (Fsp3) is 0.632. The lowest BCUT2D eigenvalue weighted by molar-refractivity contribution is 0.0733. The van der Waals surface area contributed by atoms with Crippen molar-refractivity contribution in [3.63, 3.8) is 0 Å². The summed E-state index contributed by atoms with van der Waals surface area (Å²) in [7, 11) is 3.34. The summed E-state index contributed by atoms with van der Waals surface area (Å²) in [6, 6.07) is 5.00. The van der Waals surface area contributed by atoms with E-state index in [1.807, 2.05) is 13.0 Å². The number of nitrogens with one attached hydrogen (secondary N) is 2. The highest BCUT2D eigenvalue weighted by Crippen LogP contribution is 2.30. The number of hydrogen-bond donors (Lipinski definition) is 2. The standard InChI is InChI=1S/C19H30FN3O3.HI/c1-14(23-19(21-2)22-8-9-25-11-10-24-3)16-6-7-18(17(20)12-16)26-13-15-4-5-15;/h6-7,12,14-15H,4-5,8-11,13H2,1-3H3,(H2,21,22,23);1H. The van der Waals surface area contributed by atoms with Gasteiger partial charge in [0.25, 0.3) is 0 Å². The first-order valence-corrected chi connectivity index (χ1v) is 9.10. The second-order valence-corrected chi connectivity index (χ2v) is 6.41. The molecule has 1 saturated carbocycles. The van der Waals surface area contributed by atoms with Crippen molar-refractivity contribution in [2.75, 3.05) is 47.1 Å². The number of benzene rings is 1. The van der Waals surface area contributed by atoms with Gasteiger partial charge in [0.2, 0.25) is 0 Å². The molecule has 6 nitrogen and oxygen atoms in total. The van der Waals surface area contributed by atoms with Crippen LogP contribution in [0.3, 0.4) is 0 Å². The molecule has 0 heterocycles. The molecule has 2 N–H and O–H groups in total. The maximum atomic E-state index is 14.2. The Kier molecular flexibility index (Phi) is 11.6. The van der Waals surface area contributed by atoms with E-state index in [0.29, 0.717) is 50.6 Å². The van der Waals surface area contributed by atoms with Gasteiger partial charge in [0.15, 0.2) is 17.5 Å². The predicted molar refractivity (Wildman–Crippen MR) is 116 cm³/mol. The number of halogens is 2. The Morgan fingerprint density at radius 3 is 2.70 bits per heavy atom. The Labute approximate surface area is 178 Å². The fourth-order valence-electron chi connectivity index (χ4n) is 2.36. The van der Waals surface area contributed by atoms with Crippen LogP contribution >= 0.6 is 24.0 Å². The normalized spacial score (nSPS) is 15.0. The first kappa shape index (κ1) is 23.9. The van der Waals surface area contributed by atoms with Gasteiger partial charge in [-0.2, -0.15) is 0 Å². The van der Waals surface area contributed by atoms with Crippen LogP contribution in [0.25, 0.3) is 0 Å². The molecule has 2 rings (SSSR count). The molecule has 0 spiro atoms. The van der Waals surface area contributed by atoms with E-state index in [-0.39, 0.29) is 35.8 Å². The molecule has 1 aromatic carbocycles. The van der Waals surface area contributed by atoms with E-state index in [9.17, 15) is 4.39 Å². The third kappa shape index (κ3) is 9.07. The minimum Gasteiger partial charge on any atom is -0.490 e. The molecule has 1 atom stereocenters. The fourth-order valence-corrected chi connectivity index (χ4v) is 2.36. The SMILES string of the molecule is CN=C(NCCOCCOC)NC(C)c1ccc(OCC2CC2)c(F)c1.I. The number of rotatable bonds is 11. The molecular weight excluding hydrogens is 464 g/mol. The van der Waals surface area contributed by atoms with Gasteiger partial charge in [-0.1, -0.05) is 6.07 Å². The molecule has 154 valence electrons. The number of ether oxygens (including phenoxy) is 3. The van der Waals surface area contributed by atoms with Gasteiger partial charge in [-0.25, -0.2) is 4.39 Å². The molecule has 1 fully saturated rings. The minimum atomic E-state index is -0.328. The van der Waals surface area contributed by atoms with Crippen LogP contribution in [0.5, 0.6) is 5.75 Å². The first-order valence-electron chi connectivity index (χ1n) is 9.10. The molecule has 0 saturated heterocycles. The molecule has 0 aromatic heterocycles. The van der Waals surface area contributed by atoms with Crippen LogP contribution in [0.15, 0.2) is 23.2 Å². The average Bonchev–Trinajstić information content (AvgIpc) is 3.46. The molecule has 0 aliphatic heterocycles. The zero-order valence-corrected chi connectivity index (χ0v) is 18.6. The zero-order valence-electron chi connectivity index (χ0n) is 16.3. The van der Waals surface area contributed by atoms with Gasteiger partial charge in [-0.3, -0.25) is 4.99 Å². The van der Waals surface area contributed by atoms with E-state index in [1.54, 1.807) is 20.2 Å². The topological polar surface area (TPSA) is 64.1 Å². The second-order valence-electron chi connectivity index (χ2n) is 6.41. The van der Waals surface area contributed by atoms with Crippen molar-refractivity contribution in [1.29, 1.82) is 0 Å². The molecule has 1 aliphatic carbocycles. The number of hydrogen-bond acceptors (Lipinski definition) is 4. The van der Waals surface area contributed by atoms with E-state index in [2.05, 4.69) is 15.6 Å². The zero-order chi connectivity index (χ0) is 18.8. The Balaban J connectivity index is 0.00000364. The Morgan fingerprint density at radius 2 is 2.07 bits per heavy atom. The number of methoxy groups -OCH3 is 1. The quantitative estimate of drug-likeness (QED) is 0.214. The maximum Gasteiger partial charge on any atom is 0.191 e. The largest absolute Gasteiger partial charge is 0.490 e. The highest BCUT2D eigenvalue weighted by molar-refractivity contribution is 14.0. The molecule has 8 heteroatoms.